The van der Waals surface area contributed by atoms with E-state index in [1.165, 1.54) is 0 Å². The number of ketones is 1. The Hall–Kier alpha value is -3.81. The van der Waals surface area contributed by atoms with Gasteiger partial charge in [-0.2, -0.15) is 0 Å². The summed E-state index contributed by atoms with van der Waals surface area (Å²) in [6.45, 7) is 8.07. The van der Waals surface area contributed by atoms with Crippen LogP contribution in [-0.4, -0.2) is 51.5 Å². The molecule has 0 saturated heterocycles. The standard InChI is InChI=1S/C32H39NO7/c1-8-18(3)40-32(35)29-19(4)33-23-14-22(20-10-12-25(36-5)27(16-20)37-6)15-24(34)31(23)30(29)21-11-13-26(39-9-2)28(17-21)38-7/h10-13,16-18,22,29-30H,8-9,14-15H2,1-7H3/t18-,22+,29?,30-/m0/s1. The fourth-order valence-electron chi connectivity index (χ4n) is 5.57. The van der Waals surface area contributed by atoms with E-state index in [1.54, 1.807) is 21.3 Å². The number of benzene rings is 2. The maximum atomic E-state index is 14.0. The molecule has 0 spiro atoms. The molecule has 4 rings (SSSR count). The zero-order valence-electron chi connectivity index (χ0n) is 24.4. The predicted molar refractivity (Wildman–Crippen MR) is 153 cm³/mol. The lowest BCUT2D eigenvalue weighted by atomic mass is 9.69. The number of esters is 1. The molecule has 4 atom stereocenters. The molecule has 0 bridgehead atoms. The highest BCUT2D eigenvalue weighted by Crippen LogP contribution is 2.48. The van der Waals surface area contributed by atoms with E-state index in [4.69, 9.17) is 28.7 Å². The van der Waals surface area contributed by atoms with Gasteiger partial charge in [0.25, 0.3) is 0 Å². The molecular formula is C32H39NO7. The predicted octanol–water partition coefficient (Wildman–Crippen LogP) is 6.03. The highest BCUT2D eigenvalue weighted by Gasteiger charge is 2.45. The van der Waals surface area contributed by atoms with Crippen LogP contribution in [0.15, 0.2) is 52.7 Å². The molecule has 2 aromatic rings. The molecule has 0 amide bonds. The van der Waals surface area contributed by atoms with Crippen LogP contribution in [0.2, 0.25) is 0 Å². The Bertz CT molecular complexity index is 1330. The first-order chi connectivity index (χ1) is 19.3. The maximum absolute atomic E-state index is 14.0. The van der Waals surface area contributed by atoms with E-state index < -0.39 is 11.8 Å². The summed E-state index contributed by atoms with van der Waals surface area (Å²) in [5.41, 5.74) is 3.67. The van der Waals surface area contributed by atoms with Gasteiger partial charge in [-0.15, -0.1) is 0 Å². The third-order valence-electron chi connectivity index (χ3n) is 7.76. The van der Waals surface area contributed by atoms with Gasteiger partial charge in [0.1, 0.15) is 5.92 Å². The van der Waals surface area contributed by atoms with Crippen LogP contribution in [0.25, 0.3) is 0 Å². The minimum atomic E-state index is -0.725. The molecule has 2 aliphatic rings. The number of hydrogen-bond acceptors (Lipinski definition) is 8. The topological polar surface area (TPSA) is 92.7 Å². The second-order valence-electron chi connectivity index (χ2n) is 10.2. The second kappa shape index (κ2) is 12.6. The van der Waals surface area contributed by atoms with E-state index in [0.717, 1.165) is 11.1 Å². The Kier molecular flexibility index (Phi) is 9.17. The van der Waals surface area contributed by atoms with Crippen molar-refractivity contribution in [1.29, 1.82) is 0 Å². The van der Waals surface area contributed by atoms with Gasteiger partial charge >= 0.3 is 5.97 Å². The van der Waals surface area contributed by atoms with Crippen LogP contribution in [0.4, 0.5) is 0 Å². The summed E-state index contributed by atoms with van der Waals surface area (Å²) in [4.78, 5) is 32.4. The van der Waals surface area contributed by atoms with Gasteiger partial charge in [-0.1, -0.05) is 19.1 Å². The number of methoxy groups -OCH3 is 3. The zero-order chi connectivity index (χ0) is 29.0. The van der Waals surface area contributed by atoms with Gasteiger partial charge in [0, 0.05) is 29.3 Å². The van der Waals surface area contributed by atoms with Crippen molar-refractivity contribution in [1.82, 2.24) is 0 Å². The summed E-state index contributed by atoms with van der Waals surface area (Å²) < 4.78 is 28.0. The minimum absolute atomic E-state index is 0.0310. The number of nitrogens with zero attached hydrogens (tertiary/aromatic N) is 1. The third kappa shape index (κ3) is 5.71. The van der Waals surface area contributed by atoms with Crippen LogP contribution in [0.5, 0.6) is 23.0 Å². The van der Waals surface area contributed by atoms with E-state index >= 15 is 0 Å². The average molecular weight is 550 g/mol. The van der Waals surface area contributed by atoms with Gasteiger partial charge < -0.3 is 23.7 Å². The Balaban J connectivity index is 1.80. The second-order valence-corrected chi connectivity index (χ2v) is 10.2. The van der Waals surface area contributed by atoms with Crippen molar-refractivity contribution >= 4 is 17.5 Å². The summed E-state index contributed by atoms with van der Waals surface area (Å²) in [5.74, 6) is 0.626. The molecule has 0 N–H and O–H groups in total. The Morgan fingerprint density at radius 3 is 2.20 bits per heavy atom. The van der Waals surface area contributed by atoms with E-state index in [9.17, 15) is 9.59 Å². The molecule has 214 valence electrons. The molecule has 0 saturated carbocycles. The Labute approximate surface area is 236 Å². The number of aliphatic imine (C=N–C) groups is 1. The highest BCUT2D eigenvalue weighted by molar-refractivity contribution is 6.09. The highest BCUT2D eigenvalue weighted by atomic mass is 16.5. The van der Waals surface area contributed by atoms with Crippen molar-refractivity contribution < 1.29 is 33.3 Å². The monoisotopic (exact) mass is 549 g/mol. The first kappa shape index (κ1) is 29.2. The largest absolute Gasteiger partial charge is 0.493 e. The zero-order valence-corrected chi connectivity index (χ0v) is 24.4. The molecule has 0 radical (unpaired) electrons. The number of rotatable bonds is 10. The number of carbonyl (C=O) groups excluding carboxylic acids is 2. The van der Waals surface area contributed by atoms with E-state index in [2.05, 4.69) is 0 Å². The molecule has 8 nitrogen and oxygen atoms in total. The van der Waals surface area contributed by atoms with E-state index in [0.29, 0.717) is 65.8 Å². The summed E-state index contributed by atoms with van der Waals surface area (Å²) in [7, 11) is 4.77. The minimum Gasteiger partial charge on any atom is -0.493 e. The number of Topliss-reactive ketones (excluding diaryl/α,β-unsaturated/α-hetero) is 1. The molecule has 1 aliphatic carbocycles. The SMILES string of the molecule is CCOc1ccc([C@@H]2C3=C(C[C@@H](c4ccc(OC)c(OC)c4)CC3=O)N=C(C)C2C(=O)O[C@@H](C)CC)cc1OC. The average Bonchev–Trinajstić information content (AvgIpc) is 2.96. The number of allylic oxidation sites excluding steroid dienone is 2. The van der Waals surface area contributed by atoms with E-state index in [1.807, 2.05) is 64.1 Å². The van der Waals surface area contributed by atoms with Gasteiger partial charge in [-0.25, -0.2) is 0 Å². The van der Waals surface area contributed by atoms with Crippen LogP contribution >= 0.6 is 0 Å². The molecule has 1 heterocycles. The number of carbonyl (C=O) groups is 2. The van der Waals surface area contributed by atoms with Crippen LogP contribution in [-0.2, 0) is 14.3 Å². The van der Waals surface area contributed by atoms with Crippen molar-refractivity contribution in [2.24, 2.45) is 10.9 Å². The summed E-state index contributed by atoms with van der Waals surface area (Å²) >= 11 is 0. The molecule has 2 aromatic carbocycles. The van der Waals surface area contributed by atoms with Gasteiger partial charge in [0.05, 0.1) is 34.0 Å². The molecule has 1 unspecified atom stereocenters. The Morgan fingerprint density at radius 1 is 0.925 bits per heavy atom. The fraction of sp³-hybridized carbons (Fsp3) is 0.469. The lowest BCUT2D eigenvalue weighted by molar-refractivity contribution is -0.151. The molecule has 40 heavy (non-hydrogen) atoms. The molecular weight excluding hydrogens is 510 g/mol. The van der Waals surface area contributed by atoms with Crippen molar-refractivity contribution in [3.05, 3.63) is 58.8 Å². The number of ether oxygens (including phenoxy) is 5. The summed E-state index contributed by atoms with van der Waals surface area (Å²) in [6, 6.07) is 11.3. The van der Waals surface area contributed by atoms with Crippen LogP contribution in [0, 0.1) is 5.92 Å². The molecule has 0 aromatic heterocycles. The molecule has 0 fully saturated rings. The van der Waals surface area contributed by atoms with Gasteiger partial charge in [-0.3, -0.25) is 14.6 Å². The van der Waals surface area contributed by atoms with Gasteiger partial charge in [0.2, 0.25) is 0 Å². The normalized spacial score (nSPS) is 21.2. The lowest BCUT2D eigenvalue weighted by Gasteiger charge is -2.37. The van der Waals surface area contributed by atoms with Crippen molar-refractivity contribution in [2.75, 3.05) is 27.9 Å². The Morgan fingerprint density at radius 2 is 1.55 bits per heavy atom. The number of hydrogen-bond donors (Lipinski definition) is 0. The first-order valence-electron chi connectivity index (χ1n) is 13.8. The van der Waals surface area contributed by atoms with Crippen molar-refractivity contribution in [3.8, 4) is 23.0 Å². The van der Waals surface area contributed by atoms with Crippen molar-refractivity contribution in [3.63, 3.8) is 0 Å². The maximum Gasteiger partial charge on any atom is 0.315 e. The van der Waals surface area contributed by atoms with Crippen molar-refractivity contribution in [2.45, 2.75) is 64.9 Å². The lowest BCUT2D eigenvalue weighted by Crippen LogP contribution is -2.39. The molecule has 8 heteroatoms. The van der Waals surface area contributed by atoms with Crippen LogP contribution < -0.4 is 18.9 Å². The quantitative estimate of drug-likeness (QED) is 0.334. The third-order valence-corrected chi connectivity index (χ3v) is 7.76. The molecule has 1 aliphatic heterocycles. The van der Waals surface area contributed by atoms with Gasteiger partial charge in [-0.05, 0) is 74.9 Å². The van der Waals surface area contributed by atoms with Crippen LogP contribution in [0.3, 0.4) is 0 Å². The summed E-state index contributed by atoms with van der Waals surface area (Å²) in [6.07, 6.45) is 1.30. The summed E-state index contributed by atoms with van der Waals surface area (Å²) in [5, 5.41) is 0. The van der Waals surface area contributed by atoms with E-state index in [-0.39, 0.29) is 23.8 Å². The fourth-order valence-corrected chi connectivity index (χ4v) is 5.57. The van der Waals surface area contributed by atoms with Crippen LogP contribution in [0.1, 0.15) is 69.9 Å². The van der Waals surface area contributed by atoms with Gasteiger partial charge in [0.15, 0.2) is 28.8 Å². The first-order valence-corrected chi connectivity index (χ1v) is 13.8. The smallest absolute Gasteiger partial charge is 0.315 e.